The number of carbonyl (C=O) groups is 3. The average molecular weight is 388 g/mol. The minimum atomic E-state index is -3.59. The molecule has 1 unspecified atom stereocenters. The van der Waals surface area contributed by atoms with Crippen LogP contribution in [0.2, 0.25) is 0 Å². The summed E-state index contributed by atoms with van der Waals surface area (Å²) in [5.41, 5.74) is 0. The van der Waals surface area contributed by atoms with E-state index < -0.39 is 36.1 Å². The first kappa shape index (κ1) is 25.2. The monoisotopic (exact) mass is 388 g/mol. The standard InChI is InChI=1S/C20H34F2N2O3/c1-8-9-20(21,22)18(26)15(10-12(2)3)23-19(27)17(14(6)7)24-16(25)11-13(4)5/h8,12-15,17H,1,9-11H2,2-7H3,(H,23,27)(H,24,25)/t15?,17-/m0/s1. The van der Waals surface area contributed by atoms with Gasteiger partial charge in [-0.1, -0.05) is 47.6 Å². The Morgan fingerprint density at radius 3 is 1.96 bits per heavy atom. The minimum Gasteiger partial charge on any atom is -0.344 e. The van der Waals surface area contributed by atoms with Gasteiger partial charge in [0.05, 0.1) is 6.04 Å². The molecular formula is C20H34F2N2O3. The van der Waals surface area contributed by atoms with Crippen molar-refractivity contribution in [3.8, 4) is 0 Å². The van der Waals surface area contributed by atoms with Crippen LogP contribution in [0.1, 0.15) is 60.8 Å². The molecule has 0 fully saturated rings. The summed E-state index contributed by atoms with van der Waals surface area (Å²) in [4.78, 5) is 37.0. The zero-order chi connectivity index (χ0) is 21.4. The van der Waals surface area contributed by atoms with E-state index in [0.29, 0.717) is 0 Å². The Morgan fingerprint density at radius 1 is 1.00 bits per heavy atom. The normalized spacial score (nSPS) is 14.2. The number of carbonyl (C=O) groups excluding carboxylic acids is 3. The second-order valence-electron chi connectivity index (χ2n) is 8.14. The molecule has 0 radical (unpaired) electrons. The molecule has 0 aromatic heterocycles. The van der Waals surface area contributed by atoms with E-state index in [0.717, 1.165) is 6.08 Å². The first-order valence-electron chi connectivity index (χ1n) is 9.44. The molecule has 0 aliphatic rings. The number of hydrogen-bond acceptors (Lipinski definition) is 3. The van der Waals surface area contributed by atoms with Crippen molar-refractivity contribution in [3.63, 3.8) is 0 Å². The lowest BCUT2D eigenvalue weighted by atomic mass is 9.94. The highest BCUT2D eigenvalue weighted by atomic mass is 19.3. The average Bonchev–Trinajstić information content (AvgIpc) is 2.49. The fourth-order valence-electron chi connectivity index (χ4n) is 2.64. The zero-order valence-electron chi connectivity index (χ0n) is 17.3. The maximum Gasteiger partial charge on any atom is 0.310 e. The third kappa shape index (κ3) is 9.11. The van der Waals surface area contributed by atoms with Crippen LogP contribution in [0, 0.1) is 17.8 Å². The van der Waals surface area contributed by atoms with Crippen molar-refractivity contribution in [2.24, 2.45) is 17.8 Å². The van der Waals surface area contributed by atoms with E-state index in [9.17, 15) is 23.2 Å². The molecule has 0 rings (SSSR count). The summed E-state index contributed by atoms with van der Waals surface area (Å²) in [6, 6.07) is -2.22. The molecule has 0 bridgehead atoms. The molecule has 0 spiro atoms. The van der Waals surface area contributed by atoms with Gasteiger partial charge < -0.3 is 10.6 Å². The van der Waals surface area contributed by atoms with Crippen LogP contribution in [0.5, 0.6) is 0 Å². The summed E-state index contributed by atoms with van der Waals surface area (Å²) in [7, 11) is 0. The van der Waals surface area contributed by atoms with E-state index in [2.05, 4.69) is 17.2 Å². The van der Waals surface area contributed by atoms with Gasteiger partial charge in [0.25, 0.3) is 0 Å². The van der Waals surface area contributed by atoms with Crippen LogP contribution in [0.15, 0.2) is 12.7 Å². The third-order valence-corrected chi connectivity index (χ3v) is 3.96. The Bertz CT molecular complexity index is 531. The molecule has 7 heteroatoms. The van der Waals surface area contributed by atoms with E-state index >= 15 is 0 Å². The van der Waals surface area contributed by atoms with E-state index in [-0.39, 0.29) is 36.5 Å². The van der Waals surface area contributed by atoms with Gasteiger partial charge in [-0.15, -0.1) is 6.58 Å². The number of ketones is 1. The van der Waals surface area contributed by atoms with Gasteiger partial charge in [-0.3, -0.25) is 14.4 Å². The van der Waals surface area contributed by atoms with Crippen molar-refractivity contribution in [2.45, 2.75) is 78.8 Å². The van der Waals surface area contributed by atoms with Crippen molar-refractivity contribution in [2.75, 3.05) is 0 Å². The molecule has 27 heavy (non-hydrogen) atoms. The first-order valence-corrected chi connectivity index (χ1v) is 9.44. The number of nitrogens with one attached hydrogen (secondary N) is 2. The molecule has 2 N–H and O–H groups in total. The topological polar surface area (TPSA) is 75.3 Å². The second-order valence-corrected chi connectivity index (χ2v) is 8.14. The molecular weight excluding hydrogens is 354 g/mol. The zero-order valence-corrected chi connectivity index (χ0v) is 17.3. The van der Waals surface area contributed by atoms with Crippen molar-refractivity contribution in [1.29, 1.82) is 0 Å². The Balaban J connectivity index is 5.36. The van der Waals surface area contributed by atoms with Crippen molar-refractivity contribution in [3.05, 3.63) is 12.7 Å². The van der Waals surface area contributed by atoms with Gasteiger partial charge in [0, 0.05) is 12.8 Å². The highest BCUT2D eigenvalue weighted by Gasteiger charge is 2.43. The SMILES string of the molecule is C=CCC(F)(F)C(=O)C(CC(C)C)NC(=O)[C@@H](NC(=O)CC(C)C)C(C)C. The van der Waals surface area contributed by atoms with Crippen molar-refractivity contribution in [1.82, 2.24) is 10.6 Å². The lowest BCUT2D eigenvalue weighted by molar-refractivity contribution is -0.147. The summed E-state index contributed by atoms with van der Waals surface area (Å²) >= 11 is 0. The van der Waals surface area contributed by atoms with Gasteiger partial charge in [0.1, 0.15) is 6.04 Å². The van der Waals surface area contributed by atoms with Gasteiger partial charge in [-0.2, -0.15) is 8.78 Å². The summed E-state index contributed by atoms with van der Waals surface area (Å²) in [6.45, 7) is 14.0. The smallest absolute Gasteiger partial charge is 0.310 e. The summed E-state index contributed by atoms with van der Waals surface area (Å²) < 4.78 is 28.1. The van der Waals surface area contributed by atoms with Gasteiger partial charge in [-0.05, 0) is 24.2 Å². The second kappa shape index (κ2) is 11.1. The number of alkyl halides is 2. The van der Waals surface area contributed by atoms with E-state index in [1.54, 1.807) is 27.7 Å². The largest absolute Gasteiger partial charge is 0.344 e. The fraction of sp³-hybridized carbons (Fsp3) is 0.750. The van der Waals surface area contributed by atoms with Crippen LogP contribution in [0.25, 0.3) is 0 Å². The first-order chi connectivity index (χ1) is 12.3. The minimum absolute atomic E-state index is 0.0770. The fourth-order valence-corrected chi connectivity index (χ4v) is 2.64. The van der Waals surface area contributed by atoms with Gasteiger partial charge in [-0.25, -0.2) is 0 Å². The highest BCUT2D eigenvalue weighted by molar-refractivity contribution is 5.96. The van der Waals surface area contributed by atoms with Crippen LogP contribution in [-0.4, -0.2) is 35.6 Å². The van der Waals surface area contributed by atoms with Crippen molar-refractivity contribution >= 4 is 17.6 Å². The molecule has 0 aliphatic carbocycles. The van der Waals surface area contributed by atoms with Crippen LogP contribution in [0.4, 0.5) is 8.78 Å². The third-order valence-electron chi connectivity index (χ3n) is 3.96. The summed E-state index contributed by atoms with van der Waals surface area (Å²) in [5, 5.41) is 5.08. The lowest BCUT2D eigenvalue weighted by Crippen LogP contribution is -2.56. The molecule has 5 nitrogen and oxygen atoms in total. The maximum absolute atomic E-state index is 14.0. The highest BCUT2D eigenvalue weighted by Crippen LogP contribution is 2.24. The molecule has 0 saturated heterocycles. The van der Waals surface area contributed by atoms with Crippen molar-refractivity contribution < 1.29 is 23.2 Å². The molecule has 0 aliphatic heterocycles. The quantitative estimate of drug-likeness (QED) is 0.503. The predicted octanol–water partition coefficient (Wildman–Crippen LogP) is 3.48. The van der Waals surface area contributed by atoms with Crippen LogP contribution >= 0.6 is 0 Å². The number of allylic oxidation sites excluding steroid dienone is 1. The predicted molar refractivity (Wildman–Crippen MR) is 102 cm³/mol. The van der Waals surface area contributed by atoms with Gasteiger partial charge >= 0.3 is 5.92 Å². The number of Topliss-reactive ketones (excluding diaryl/α,β-unsaturated/α-hetero) is 1. The Hall–Kier alpha value is -1.79. The van der Waals surface area contributed by atoms with Crippen LogP contribution in [-0.2, 0) is 14.4 Å². The summed E-state index contributed by atoms with van der Waals surface area (Å²) in [5.74, 6) is -6.06. The molecule has 0 aromatic rings. The number of amides is 2. The lowest BCUT2D eigenvalue weighted by Gasteiger charge is -2.28. The molecule has 0 aromatic carbocycles. The van der Waals surface area contributed by atoms with Crippen LogP contribution < -0.4 is 10.6 Å². The summed E-state index contributed by atoms with van der Waals surface area (Å²) in [6.07, 6.45) is 0.536. The molecule has 156 valence electrons. The van der Waals surface area contributed by atoms with Gasteiger partial charge in [0.2, 0.25) is 17.6 Å². The maximum atomic E-state index is 14.0. The molecule has 2 atom stereocenters. The Labute approximate surface area is 161 Å². The Kier molecular flexibility index (Phi) is 10.4. The van der Waals surface area contributed by atoms with Crippen LogP contribution in [0.3, 0.4) is 0 Å². The molecule has 0 heterocycles. The number of halogens is 2. The molecule has 2 amide bonds. The van der Waals surface area contributed by atoms with E-state index in [4.69, 9.17) is 0 Å². The molecule has 0 saturated carbocycles. The Morgan fingerprint density at radius 2 is 1.56 bits per heavy atom. The van der Waals surface area contributed by atoms with Gasteiger partial charge in [0.15, 0.2) is 0 Å². The number of rotatable bonds is 12. The number of hydrogen-bond donors (Lipinski definition) is 2. The van der Waals surface area contributed by atoms with E-state index in [1.807, 2.05) is 13.8 Å². The van der Waals surface area contributed by atoms with E-state index in [1.165, 1.54) is 0 Å².